The van der Waals surface area contributed by atoms with Gasteiger partial charge in [0.1, 0.15) is 5.75 Å². The van der Waals surface area contributed by atoms with Crippen molar-refractivity contribution in [2.24, 2.45) is 0 Å². The number of aromatic nitrogens is 2. The molecule has 0 saturated carbocycles. The second-order valence-corrected chi connectivity index (χ2v) is 6.60. The molecule has 2 aliphatic rings. The molecular weight excluding hydrogens is 330 g/mol. The second-order valence-electron chi connectivity index (χ2n) is 6.60. The Hall–Kier alpha value is -2.86. The first kappa shape index (κ1) is 16.6. The van der Waals surface area contributed by atoms with E-state index in [1.165, 1.54) is 0 Å². The average Bonchev–Trinajstić information content (AvgIpc) is 2.81. The number of aryl methyl sites for hydroxylation is 1. The standard InChI is InChI=1S/C20H21N3O3/c1-14(24)18-12-17-13-22(8-4-9-23(17)21-18)20(25)16-7-10-26-19-6-3-2-5-15(19)11-16/h2-3,5-7,10-12,14,24H,4,8-9,13H2,1H3/t14-/m0/s1. The molecule has 1 N–H and O–H groups in total. The van der Waals surface area contributed by atoms with Crippen molar-refractivity contribution in [3.05, 3.63) is 65.2 Å². The van der Waals surface area contributed by atoms with Crippen LogP contribution >= 0.6 is 0 Å². The van der Waals surface area contributed by atoms with Crippen molar-refractivity contribution in [1.29, 1.82) is 0 Å². The summed E-state index contributed by atoms with van der Waals surface area (Å²) in [7, 11) is 0. The molecule has 6 heteroatoms. The lowest BCUT2D eigenvalue weighted by Crippen LogP contribution is -2.31. The zero-order chi connectivity index (χ0) is 18.1. The zero-order valence-corrected chi connectivity index (χ0v) is 14.6. The summed E-state index contributed by atoms with van der Waals surface area (Å²) < 4.78 is 7.48. The largest absolute Gasteiger partial charge is 0.464 e. The third-order valence-corrected chi connectivity index (χ3v) is 4.67. The van der Waals surface area contributed by atoms with Gasteiger partial charge in [-0.2, -0.15) is 5.10 Å². The molecule has 0 radical (unpaired) electrons. The fourth-order valence-electron chi connectivity index (χ4n) is 3.28. The predicted molar refractivity (Wildman–Crippen MR) is 97.1 cm³/mol. The van der Waals surface area contributed by atoms with E-state index < -0.39 is 6.10 Å². The van der Waals surface area contributed by atoms with Gasteiger partial charge in [0.05, 0.1) is 30.3 Å². The lowest BCUT2D eigenvalue weighted by Gasteiger charge is -2.20. The molecule has 0 fully saturated rings. The van der Waals surface area contributed by atoms with Gasteiger partial charge in [0, 0.05) is 24.2 Å². The number of hydrogen-bond donors (Lipinski definition) is 1. The molecule has 3 heterocycles. The molecule has 0 bridgehead atoms. The number of amides is 1. The summed E-state index contributed by atoms with van der Waals surface area (Å²) in [6.07, 6.45) is 5.35. The number of ether oxygens (including phenoxy) is 1. The van der Waals surface area contributed by atoms with Crippen molar-refractivity contribution in [2.75, 3.05) is 6.54 Å². The van der Waals surface area contributed by atoms with E-state index in [1.807, 2.05) is 46.0 Å². The van der Waals surface area contributed by atoms with Gasteiger partial charge < -0.3 is 14.7 Å². The average molecular weight is 351 g/mol. The number of fused-ring (bicyclic) bond motifs is 2. The Balaban J connectivity index is 1.60. The molecular formula is C20H21N3O3. The number of aliphatic hydroxyl groups is 1. The minimum atomic E-state index is -0.611. The molecule has 0 aliphatic carbocycles. The molecule has 134 valence electrons. The Morgan fingerprint density at radius 3 is 3.00 bits per heavy atom. The van der Waals surface area contributed by atoms with Crippen LogP contribution in [0.2, 0.25) is 0 Å². The summed E-state index contributed by atoms with van der Waals surface area (Å²) in [4.78, 5) is 14.9. The van der Waals surface area contributed by atoms with E-state index >= 15 is 0 Å². The highest BCUT2D eigenvalue weighted by Crippen LogP contribution is 2.26. The summed E-state index contributed by atoms with van der Waals surface area (Å²) in [5.41, 5.74) is 3.07. The molecule has 1 amide bonds. The number of nitrogens with zero attached hydrogens (tertiary/aromatic N) is 3. The Bertz CT molecular complexity index is 895. The summed E-state index contributed by atoms with van der Waals surface area (Å²) in [6, 6.07) is 9.52. The van der Waals surface area contributed by atoms with Crippen LogP contribution in [0, 0.1) is 0 Å². The lowest BCUT2D eigenvalue weighted by molar-refractivity contribution is -0.127. The van der Waals surface area contributed by atoms with Crippen LogP contribution in [-0.4, -0.2) is 32.2 Å². The maximum atomic E-state index is 13.1. The van der Waals surface area contributed by atoms with E-state index in [2.05, 4.69) is 5.10 Å². The monoisotopic (exact) mass is 351 g/mol. The number of aliphatic hydroxyl groups excluding tert-OH is 1. The number of para-hydroxylation sites is 1. The summed E-state index contributed by atoms with van der Waals surface area (Å²) in [6.45, 7) is 3.59. The van der Waals surface area contributed by atoms with E-state index in [0.29, 0.717) is 24.4 Å². The minimum Gasteiger partial charge on any atom is -0.464 e. The van der Waals surface area contributed by atoms with Crippen molar-refractivity contribution >= 4 is 12.0 Å². The molecule has 4 rings (SSSR count). The van der Waals surface area contributed by atoms with Crippen molar-refractivity contribution in [3.63, 3.8) is 0 Å². The zero-order valence-electron chi connectivity index (χ0n) is 14.6. The molecule has 0 unspecified atom stereocenters. The van der Waals surface area contributed by atoms with Crippen LogP contribution in [0.25, 0.3) is 6.08 Å². The maximum absolute atomic E-state index is 13.1. The van der Waals surface area contributed by atoms with Crippen molar-refractivity contribution in [3.8, 4) is 5.75 Å². The number of rotatable bonds is 2. The van der Waals surface area contributed by atoms with Gasteiger partial charge in [-0.15, -0.1) is 0 Å². The molecule has 0 spiro atoms. The van der Waals surface area contributed by atoms with Crippen LogP contribution in [0.5, 0.6) is 5.75 Å². The predicted octanol–water partition coefficient (Wildman–Crippen LogP) is 2.66. The van der Waals surface area contributed by atoms with Crippen molar-refractivity contribution < 1.29 is 14.6 Å². The van der Waals surface area contributed by atoms with E-state index in [-0.39, 0.29) is 5.91 Å². The van der Waals surface area contributed by atoms with Crippen LogP contribution < -0.4 is 4.74 Å². The fraction of sp³-hybridized carbons (Fsp3) is 0.300. The highest BCUT2D eigenvalue weighted by molar-refractivity contribution is 6.01. The van der Waals surface area contributed by atoms with E-state index in [9.17, 15) is 9.90 Å². The lowest BCUT2D eigenvalue weighted by atomic mass is 10.1. The van der Waals surface area contributed by atoms with Gasteiger partial charge in [-0.1, -0.05) is 18.2 Å². The Morgan fingerprint density at radius 2 is 2.15 bits per heavy atom. The first-order chi connectivity index (χ1) is 12.6. The molecule has 0 saturated heterocycles. The number of benzene rings is 1. The van der Waals surface area contributed by atoms with Crippen molar-refractivity contribution in [1.82, 2.24) is 14.7 Å². The van der Waals surface area contributed by atoms with Gasteiger partial charge in [0.25, 0.3) is 5.91 Å². The van der Waals surface area contributed by atoms with Gasteiger partial charge in [-0.05, 0) is 37.6 Å². The summed E-state index contributed by atoms with van der Waals surface area (Å²) >= 11 is 0. The number of carbonyl (C=O) groups excluding carboxylic acids is 1. The van der Waals surface area contributed by atoms with Gasteiger partial charge in [0.15, 0.2) is 0 Å². The van der Waals surface area contributed by atoms with E-state index in [0.717, 1.165) is 30.0 Å². The summed E-state index contributed by atoms with van der Waals surface area (Å²) in [5.74, 6) is 0.705. The van der Waals surface area contributed by atoms with E-state index in [4.69, 9.17) is 4.74 Å². The molecule has 1 atom stereocenters. The third kappa shape index (κ3) is 3.15. The van der Waals surface area contributed by atoms with E-state index in [1.54, 1.807) is 19.3 Å². The molecule has 1 aromatic carbocycles. The molecule has 1 aromatic heterocycles. The third-order valence-electron chi connectivity index (χ3n) is 4.67. The smallest absolute Gasteiger partial charge is 0.254 e. The highest BCUT2D eigenvalue weighted by Gasteiger charge is 2.23. The SMILES string of the molecule is C[C@H](O)c1cc2n(n1)CCCN(C(=O)C1=Cc3ccccc3OC=C1)C2. The van der Waals surface area contributed by atoms with Crippen molar-refractivity contribution in [2.45, 2.75) is 32.5 Å². The minimum absolute atomic E-state index is 0.0326. The Labute approximate surface area is 152 Å². The first-order valence-corrected chi connectivity index (χ1v) is 8.80. The molecule has 6 nitrogen and oxygen atoms in total. The quantitative estimate of drug-likeness (QED) is 0.903. The van der Waals surface area contributed by atoms with Crippen LogP contribution in [-0.2, 0) is 17.9 Å². The van der Waals surface area contributed by atoms with Crippen LogP contribution in [0.1, 0.15) is 36.4 Å². The molecule has 26 heavy (non-hydrogen) atoms. The van der Waals surface area contributed by atoms with Crippen LogP contribution in [0.4, 0.5) is 0 Å². The number of carbonyl (C=O) groups is 1. The molecule has 2 aliphatic heterocycles. The molecule has 2 aromatic rings. The normalized spacial score (nSPS) is 17.3. The maximum Gasteiger partial charge on any atom is 0.254 e. The van der Waals surface area contributed by atoms with Crippen LogP contribution in [0.3, 0.4) is 0 Å². The fourth-order valence-corrected chi connectivity index (χ4v) is 3.28. The Morgan fingerprint density at radius 1 is 1.31 bits per heavy atom. The van der Waals surface area contributed by atoms with Crippen LogP contribution in [0.15, 0.2) is 48.2 Å². The van der Waals surface area contributed by atoms with Gasteiger partial charge in [0.2, 0.25) is 0 Å². The van der Waals surface area contributed by atoms with Gasteiger partial charge in [-0.25, -0.2) is 0 Å². The highest BCUT2D eigenvalue weighted by atomic mass is 16.5. The number of hydrogen-bond acceptors (Lipinski definition) is 4. The summed E-state index contributed by atoms with van der Waals surface area (Å²) in [5, 5.41) is 14.2. The first-order valence-electron chi connectivity index (χ1n) is 8.80. The van der Waals surface area contributed by atoms with Gasteiger partial charge in [-0.3, -0.25) is 9.48 Å². The topological polar surface area (TPSA) is 67.6 Å². The second kappa shape index (κ2) is 6.80. The Kier molecular flexibility index (Phi) is 4.34. The van der Waals surface area contributed by atoms with Gasteiger partial charge >= 0.3 is 0 Å².